The van der Waals surface area contributed by atoms with Crippen LogP contribution in [0.5, 0.6) is 0 Å². The first-order valence-corrected chi connectivity index (χ1v) is 13.6. The molecule has 0 saturated carbocycles. The number of aliphatic hydroxyl groups is 1. The van der Waals surface area contributed by atoms with E-state index in [1.54, 1.807) is 24.0 Å². The maximum Gasteiger partial charge on any atom is 0.309 e. The number of aliphatic hydroxyl groups excluding tert-OH is 1. The Balaban J connectivity index is 1.54. The van der Waals surface area contributed by atoms with Crippen molar-refractivity contribution in [2.45, 2.75) is 57.7 Å². The van der Waals surface area contributed by atoms with Crippen LogP contribution in [-0.4, -0.2) is 53.1 Å². The molecular weight excluding hydrogens is 492 g/mol. The number of esters is 1. The molecule has 0 fully saturated rings. The second kappa shape index (κ2) is 15.0. The van der Waals surface area contributed by atoms with Crippen LogP contribution in [0.1, 0.15) is 42.9 Å². The van der Waals surface area contributed by atoms with Gasteiger partial charge in [0.05, 0.1) is 31.0 Å². The summed E-state index contributed by atoms with van der Waals surface area (Å²) in [6.45, 7) is 9.64. The smallest absolute Gasteiger partial charge is 0.309 e. The Labute approximate surface area is 231 Å². The molecular formula is C32H40N2O5. The Bertz CT molecular complexity index is 1130. The molecule has 1 heterocycles. The molecule has 39 heavy (non-hydrogen) atoms. The van der Waals surface area contributed by atoms with Crippen LogP contribution < -0.4 is 5.32 Å². The molecule has 2 aromatic rings. The van der Waals surface area contributed by atoms with E-state index in [1.165, 1.54) is 0 Å². The normalized spacial score (nSPS) is 16.8. The molecule has 1 aliphatic heterocycles. The fourth-order valence-corrected chi connectivity index (χ4v) is 4.94. The van der Waals surface area contributed by atoms with Crippen molar-refractivity contribution in [3.8, 4) is 0 Å². The summed E-state index contributed by atoms with van der Waals surface area (Å²) in [6.07, 6.45) is 4.75. The van der Waals surface area contributed by atoms with Crippen LogP contribution >= 0.6 is 0 Å². The highest BCUT2D eigenvalue weighted by Crippen LogP contribution is 2.25. The third-order valence-corrected chi connectivity index (χ3v) is 7.12. The number of hydrogen-bond donors (Lipinski definition) is 2. The van der Waals surface area contributed by atoms with Crippen LogP contribution in [0.15, 0.2) is 79.9 Å². The Morgan fingerprint density at radius 2 is 1.67 bits per heavy atom. The van der Waals surface area contributed by atoms with E-state index in [9.17, 15) is 19.5 Å². The summed E-state index contributed by atoms with van der Waals surface area (Å²) in [7, 11) is 0. The highest BCUT2D eigenvalue weighted by atomic mass is 16.5. The topological polar surface area (TPSA) is 95.9 Å². The molecule has 3 rings (SSSR count). The summed E-state index contributed by atoms with van der Waals surface area (Å²) >= 11 is 0. The summed E-state index contributed by atoms with van der Waals surface area (Å²) in [6, 6.07) is 17.3. The number of fused-ring (bicyclic) bond motifs is 1. The predicted molar refractivity (Wildman–Crippen MR) is 152 cm³/mol. The largest absolute Gasteiger partial charge is 0.461 e. The van der Waals surface area contributed by atoms with Gasteiger partial charge < -0.3 is 20.1 Å². The molecule has 7 nitrogen and oxygen atoms in total. The van der Waals surface area contributed by atoms with Gasteiger partial charge in [-0.25, -0.2) is 0 Å². The van der Waals surface area contributed by atoms with E-state index in [4.69, 9.17) is 4.74 Å². The van der Waals surface area contributed by atoms with E-state index in [1.807, 2.05) is 54.6 Å². The molecule has 4 atom stereocenters. The Kier molecular flexibility index (Phi) is 11.5. The molecule has 208 valence electrons. The maximum atomic E-state index is 13.3. The van der Waals surface area contributed by atoms with Crippen LogP contribution in [0.4, 0.5) is 0 Å². The zero-order valence-corrected chi connectivity index (χ0v) is 22.8. The zero-order chi connectivity index (χ0) is 28.2. The number of carbonyl (C=O) groups excluding carboxylic acids is 3. The van der Waals surface area contributed by atoms with E-state index in [-0.39, 0.29) is 49.3 Å². The van der Waals surface area contributed by atoms with Gasteiger partial charge in [-0.1, -0.05) is 66.7 Å². The van der Waals surface area contributed by atoms with Crippen molar-refractivity contribution < 1.29 is 24.2 Å². The van der Waals surface area contributed by atoms with E-state index < -0.39 is 12.0 Å². The SMILES string of the molecule is C=CCC(CC(=O)N1Cc2ccccc2CC1CO)C(=O)NCC(C)OC(=O)C(CC=C)Cc1ccccc1. The molecule has 1 aliphatic rings. The molecule has 0 saturated heterocycles. The first-order chi connectivity index (χ1) is 18.9. The van der Waals surface area contributed by atoms with Gasteiger partial charge in [0, 0.05) is 13.0 Å². The molecule has 0 bridgehead atoms. The third-order valence-electron chi connectivity index (χ3n) is 7.12. The molecule has 2 N–H and O–H groups in total. The summed E-state index contributed by atoms with van der Waals surface area (Å²) in [5, 5.41) is 12.8. The summed E-state index contributed by atoms with van der Waals surface area (Å²) in [5.41, 5.74) is 3.22. The van der Waals surface area contributed by atoms with E-state index in [0.717, 1.165) is 16.7 Å². The third kappa shape index (κ3) is 8.65. The quantitative estimate of drug-likeness (QED) is 0.283. The fraction of sp³-hybridized carbons (Fsp3) is 0.406. The van der Waals surface area contributed by atoms with Crippen molar-refractivity contribution in [3.63, 3.8) is 0 Å². The van der Waals surface area contributed by atoms with Crippen LogP contribution in [0.3, 0.4) is 0 Å². The predicted octanol–water partition coefficient (Wildman–Crippen LogP) is 4.00. The van der Waals surface area contributed by atoms with Gasteiger partial charge in [0.1, 0.15) is 6.10 Å². The van der Waals surface area contributed by atoms with Crippen molar-refractivity contribution in [1.29, 1.82) is 0 Å². The minimum Gasteiger partial charge on any atom is -0.461 e. The number of nitrogens with one attached hydrogen (secondary N) is 1. The van der Waals surface area contributed by atoms with Crippen LogP contribution in [0.2, 0.25) is 0 Å². The van der Waals surface area contributed by atoms with E-state index in [2.05, 4.69) is 18.5 Å². The number of rotatable bonds is 14. The minimum atomic E-state index is -0.610. The number of allylic oxidation sites excluding steroid dienone is 2. The van der Waals surface area contributed by atoms with Crippen molar-refractivity contribution in [2.75, 3.05) is 13.2 Å². The number of nitrogens with zero attached hydrogens (tertiary/aromatic N) is 1. The second-order valence-electron chi connectivity index (χ2n) is 10.2. The number of carbonyl (C=O) groups is 3. The van der Waals surface area contributed by atoms with Gasteiger partial charge in [-0.2, -0.15) is 0 Å². The lowest BCUT2D eigenvalue weighted by Crippen LogP contribution is -2.47. The van der Waals surface area contributed by atoms with Crippen molar-refractivity contribution >= 4 is 17.8 Å². The molecule has 4 unspecified atom stereocenters. The Morgan fingerprint density at radius 1 is 1.03 bits per heavy atom. The number of hydrogen-bond acceptors (Lipinski definition) is 5. The fourth-order valence-electron chi connectivity index (χ4n) is 4.94. The minimum absolute atomic E-state index is 0.00315. The molecule has 7 heteroatoms. The summed E-state index contributed by atoms with van der Waals surface area (Å²) in [5.74, 6) is -1.78. The average Bonchev–Trinajstić information content (AvgIpc) is 2.95. The second-order valence-corrected chi connectivity index (χ2v) is 10.2. The Hall–Kier alpha value is -3.71. The van der Waals surface area contributed by atoms with Gasteiger partial charge in [0.15, 0.2) is 0 Å². The number of amides is 2. The van der Waals surface area contributed by atoms with Crippen LogP contribution in [-0.2, 0) is 38.5 Å². The molecule has 0 aliphatic carbocycles. The van der Waals surface area contributed by atoms with Crippen LogP contribution in [0, 0.1) is 11.8 Å². The maximum absolute atomic E-state index is 13.3. The molecule has 2 amide bonds. The lowest BCUT2D eigenvalue weighted by atomic mass is 9.92. The van der Waals surface area contributed by atoms with Crippen molar-refractivity contribution in [2.24, 2.45) is 11.8 Å². The van der Waals surface area contributed by atoms with Crippen molar-refractivity contribution in [3.05, 3.63) is 96.6 Å². The number of benzene rings is 2. The van der Waals surface area contributed by atoms with Gasteiger partial charge in [-0.05, 0) is 49.3 Å². The van der Waals surface area contributed by atoms with Crippen LogP contribution in [0.25, 0.3) is 0 Å². The van der Waals surface area contributed by atoms with E-state index in [0.29, 0.717) is 32.2 Å². The Morgan fingerprint density at radius 3 is 2.33 bits per heavy atom. The van der Waals surface area contributed by atoms with Gasteiger partial charge in [-0.15, -0.1) is 13.2 Å². The standard InChI is InChI=1S/C32H40N2O5/c1-4-11-26(19-30(36)34-21-28-16-10-9-15-25(28)18-29(34)22-35)31(37)33-20-23(3)39-32(38)27(12-5-2)17-24-13-7-6-8-14-24/h4-10,13-16,23,26-27,29,35H,1-2,11-12,17-22H2,3H3,(H,33,37). The zero-order valence-electron chi connectivity index (χ0n) is 22.8. The van der Waals surface area contributed by atoms with Gasteiger partial charge in [-0.3, -0.25) is 14.4 Å². The van der Waals surface area contributed by atoms with Gasteiger partial charge in [0.2, 0.25) is 11.8 Å². The lowest BCUT2D eigenvalue weighted by Gasteiger charge is -2.36. The summed E-state index contributed by atoms with van der Waals surface area (Å²) < 4.78 is 5.64. The first kappa shape index (κ1) is 29.8. The highest BCUT2D eigenvalue weighted by molar-refractivity contribution is 5.86. The number of ether oxygens (including phenoxy) is 1. The molecule has 0 spiro atoms. The average molecular weight is 533 g/mol. The van der Waals surface area contributed by atoms with Gasteiger partial charge >= 0.3 is 5.97 Å². The van der Waals surface area contributed by atoms with Crippen molar-refractivity contribution in [1.82, 2.24) is 10.2 Å². The van der Waals surface area contributed by atoms with E-state index >= 15 is 0 Å². The molecule has 2 aromatic carbocycles. The molecule has 0 aromatic heterocycles. The lowest BCUT2D eigenvalue weighted by molar-refractivity contribution is -0.153. The van der Waals surface area contributed by atoms with Gasteiger partial charge in [0.25, 0.3) is 0 Å². The highest BCUT2D eigenvalue weighted by Gasteiger charge is 2.32. The summed E-state index contributed by atoms with van der Waals surface area (Å²) in [4.78, 5) is 40.8. The first-order valence-electron chi connectivity index (χ1n) is 13.6. The monoisotopic (exact) mass is 532 g/mol. The molecule has 0 radical (unpaired) electrons.